The minimum absolute atomic E-state index is 0.129. The fraction of sp³-hybridized carbons (Fsp3) is 0.208. The fourth-order valence-corrected chi connectivity index (χ4v) is 3.57. The maximum atomic E-state index is 12.8. The lowest BCUT2D eigenvalue weighted by Gasteiger charge is -2.21. The molecule has 2 amide bonds. The van der Waals surface area contributed by atoms with Crippen LogP contribution < -0.4 is 11.1 Å². The van der Waals surface area contributed by atoms with E-state index in [0.29, 0.717) is 6.42 Å². The number of rotatable bonds is 9. The first-order chi connectivity index (χ1) is 15.7. The smallest absolute Gasteiger partial charge is 0.306 e. The molecule has 0 bridgehead atoms. The van der Waals surface area contributed by atoms with Crippen molar-refractivity contribution in [3.05, 3.63) is 82.9 Å². The first-order valence-electron chi connectivity index (χ1n) is 10.3. The number of nitrogens with two attached hydrogens (primary N) is 1. The van der Waals surface area contributed by atoms with Gasteiger partial charge in [-0.25, -0.2) is 9.97 Å². The van der Waals surface area contributed by atoms with Crippen molar-refractivity contribution in [3.8, 4) is 11.1 Å². The lowest BCUT2D eigenvalue weighted by Crippen LogP contribution is -2.39. The first-order valence-corrected chi connectivity index (χ1v) is 10.6. The maximum Gasteiger partial charge on any atom is 0.306 e. The van der Waals surface area contributed by atoms with Gasteiger partial charge in [0, 0.05) is 12.1 Å². The Morgan fingerprint density at radius 3 is 2.21 bits per heavy atom. The van der Waals surface area contributed by atoms with E-state index in [-0.39, 0.29) is 23.1 Å². The molecule has 0 aliphatic heterocycles. The van der Waals surface area contributed by atoms with Gasteiger partial charge in [-0.15, -0.1) is 0 Å². The third-order valence-electron chi connectivity index (χ3n) is 5.12. The summed E-state index contributed by atoms with van der Waals surface area (Å²) in [5.74, 6) is -3.10. The average Bonchev–Trinajstić information content (AvgIpc) is 2.79. The molecular weight excluding hydrogens is 444 g/mol. The highest BCUT2D eigenvalue weighted by Crippen LogP contribution is 2.21. The highest BCUT2D eigenvalue weighted by molar-refractivity contribution is 6.28. The number of hydrogen-bond donors (Lipinski definition) is 3. The Morgan fingerprint density at radius 2 is 1.61 bits per heavy atom. The Kier molecular flexibility index (Phi) is 7.74. The van der Waals surface area contributed by atoms with Crippen LogP contribution in [0.25, 0.3) is 11.1 Å². The summed E-state index contributed by atoms with van der Waals surface area (Å²) in [6.07, 6.45) is 0.600. The van der Waals surface area contributed by atoms with Crippen LogP contribution >= 0.6 is 11.6 Å². The number of benzene rings is 2. The van der Waals surface area contributed by atoms with E-state index in [0.717, 1.165) is 22.8 Å². The lowest BCUT2D eigenvalue weighted by molar-refractivity contribution is -0.141. The Balaban J connectivity index is 1.79. The fourth-order valence-electron chi connectivity index (χ4n) is 3.39. The van der Waals surface area contributed by atoms with Crippen molar-refractivity contribution in [1.29, 1.82) is 0 Å². The van der Waals surface area contributed by atoms with Gasteiger partial charge in [0.25, 0.3) is 11.8 Å². The molecule has 2 aromatic carbocycles. The zero-order valence-electron chi connectivity index (χ0n) is 17.9. The van der Waals surface area contributed by atoms with E-state index in [1.165, 1.54) is 0 Å². The quantitative estimate of drug-likeness (QED) is 0.414. The average molecular weight is 467 g/mol. The van der Waals surface area contributed by atoms with Crippen LogP contribution in [-0.2, 0) is 11.2 Å². The molecule has 0 unspecified atom stereocenters. The molecule has 1 heterocycles. The van der Waals surface area contributed by atoms with E-state index in [9.17, 15) is 19.5 Å². The van der Waals surface area contributed by atoms with Gasteiger partial charge in [-0.05, 0) is 41.1 Å². The predicted molar refractivity (Wildman–Crippen MR) is 124 cm³/mol. The number of carboxylic acids is 1. The molecule has 0 saturated heterocycles. The van der Waals surface area contributed by atoms with E-state index < -0.39 is 29.7 Å². The second kappa shape index (κ2) is 10.7. The van der Waals surface area contributed by atoms with Gasteiger partial charge < -0.3 is 16.2 Å². The minimum Gasteiger partial charge on any atom is -0.481 e. The number of carbonyl (C=O) groups is 3. The van der Waals surface area contributed by atoms with E-state index in [1.807, 2.05) is 54.6 Å². The summed E-state index contributed by atoms with van der Waals surface area (Å²) in [4.78, 5) is 43.2. The summed E-state index contributed by atoms with van der Waals surface area (Å²) in [5.41, 5.74) is 7.97. The monoisotopic (exact) mass is 466 g/mol. The van der Waals surface area contributed by atoms with Crippen LogP contribution in [0.15, 0.2) is 60.7 Å². The molecule has 9 heteroatoms. The molecule has 8 nitrogen and oxygen atoms in total. The molecule has 170 valence electrons. The molecule has 0 radical (unpaired) electrons. The van der Waals surface area contributed by atoms with Crippen molar-refractivity contribution in [3.63, 3.8) is 0 Å². The third kappa shape index (κ3) is 6.60. The molecule has 3 rings (SSSR count). The number of carbonyl (C=O) groups excluding carboxylic acids is 2. The Labute approximate surface area is 195 Å². The Bertz CT molecular complexity index is 1150. The molecule has 0 aliphatic rings. The molecule has 3 aromatic rings. The normalized spacial score (nSPS) is 12.5. The molecule has 0 spiro atoms. The number of halogens is 1. The van der Waals surface area contributed by atoms with Gasteiger partial charge in [-0.2, -0.15) is 0 Å². The largest absolute Gasteiger partial charge is 0.481 e. The molecular formula is C24H23ClN4O4. The van der Waals surface area contributed by atoms with Gasteiger partial charge in [0.1, 0.15) is 11.4 Å². The number of aliphatic carboxylic acids is 1. The lowest BCUT2D eigenvalue weighted by atomic mass is 9.95. The van der Waals surface area contributed by atoms with Crippen LogP contribution in [0, 0.1) is 5.92 Å². The minimum atomic E-state index is -0.963. The topological polar surface area (TPSA) is 135 Å². The molecule has 4 N–H and O–H groups in total. The highest BCUT2D eigenvalue weighted by Gasteiger charge is 2.22. The molecule has 2 atom stereocenters. The van der Waals surface area contributed by atoms with Gasteiger partial charge in [0.15, 0.2) is 0 Å². The van der Waals surface area contributed by atoms with Crippen LogP contribution in [0.5, 0.6) is 0 Å². The molecule has 33 heavy (non-hydrogen) atoms. The standard InChI is InChI=1S/C24H23ClN4O4/c1-14(23(32)33)11-18(27-22(31)20-13-19(21(26)30)28-24(25)29-20)12-15-7-9-17(10-8-15)16-5-3-2-4-6-16/h2-10,13-14,18H,11-12H2,1H3,(H2,26,30)(H,27,31)(H,32,33)/t14-,18+/m1/s1. The SMILES string of the molecule is C[C@H](C[C@@H](Cc1ccc(-c2ccccc2)cc1)NC(=O)c1cc(C(N)=O)nc(Cl)n1)C(=O)O. The van der Waals surface area contributed by atoms with Crippen molar-refractivity contribution >= 4 is 29.4 Å². The number of aromatic nitrogens is 2. The van der Waals surface area contributed by atoms with E-state index >= 15 is 0 Å². The number of nitrogens with zero attached hydrogens (tertiary/aromatic N) is 2. The zero-order chi connectivity index (χ0) is 24.0. The van der Waals surface area contributed by atoms with Crippen molar-refractivity contribution in [2.75, 3.05) is 0 Å². The van der Waals surface area contributed by atoms with Crippen LogP contribution in [0.1, 0.15) is 39.9 Å². The summed E-state index contributed by atoms with van der Waals surface area (Å²) in [6.45, 7) is 1.58. The third-order valence-corrected chi connectivity index (χ3v) is 5.29. The predicted octanol–water partition coefficient (Wildman–Crippen LogP) is 3.35. The second-order valence-corrected chi connectivity index (χ2v) is 8.02. The van der Waals surface area contributed by atoms with Gasteiger partial charge in [-0.3, -0.25) is 14.4 Å². The maximum absolute atomic E-state index is 12.8. The molecule has 0 aliphatic carbocycles. The number of primary amides is 1. The van der Waals surface area contributed by atoms with Gasteiger partial charge in [-0.1, -0.05) is 61.5 Å². The summed E-state index contributed by atoms with van der Waals surface area (Å²) in [6, 6.07) is 18.4. The molecule has 0 fully saturated rings. The van der Waals surface area contributed by atoms with Crippen LogP contribution in [-0.4, -0.2) is 38.9 Å². The zero-order valence-corrected chi connectivity index (χ0v) is 18.6. The van der Waals surface area contributed by atoms with Crippen molar-refractivity contribution < 1.29 is 19.5 Å². The van der Waals surface area contributed by atoms with E-state index in [2.05, 4.69) is 15.3 Å². The summed E-state index contributed by atoms with van der Waals surface area (Å²) in [7, 11) is 0. The molecule has 0 saturated carbocycles. The summed E-state index contributed by atoms with van der Waals surface area (Å²) in [5, 5.41) is 11.9. The Hall–Kier alpha value is -3.78. The van der Waals surface area contributed by atoms with Gasteiger partial charge in [0.2, 0.25) is 5.28 Å². The van der Waals surface area contributed by atoms with Crippen LogP contribution in [0.3, 0.4) is 0 Å². The number of hydrogen-bond acceptors (Lipinski definition) is 5. The number of carboxylic acid groups (broad SMARTS) is 1. The van der Waals surface area contributed by atoms with Crippen molar-refractivity contribution in [2.45, 2.75) is 25.8 Å². The summed E-state index contributed by atoms with van der Waals surface area (Å²) >= 11 is 5.81. The van der Waals surface area contributed by atoms with Gasteiger partial charge >= 0.3 is 5.97 Å². The van der Waals surface area contributed by atoms with Crippen LogP contribution in [0.4, 0.5) is 0 Å². The van der Waals surface area contributed by atoms with E-state index in [4.69, 9.17) is 17.3 Å². The van der Waals surface area contributed by atoms with Crippen LogP contribution in [0.2, 0.25) is 5.28 Å². The molecule has 1 aromatic heterocycles. The Morgan fingerprint density at radius 1 is 1.00 bits per heavy atom. The number of amides is 2. The highest BCUT2D eigenvalue weighted by atomic mass is 35.5. The first kappa shape index (κ1) is 23.9. The van der Waals surface area contributed by atoms with Crippen molar-refractivity contribution in [1.82, 2.24) is 15.3 Å². The van der Waals surface area contributed by atoms with Crippen molar-refractivity contribution in [2.24, 2.45) is 11.7 Å². The summed E-state index contributed by atoms with van der Waals surface area (Å²) < 4.78 is 0. The van der Waals surface area contributed by atoms with E-state index in [1.54, 1.807) is 6.92 Å². The second-order valence-electron chi connectivity index (χ2n) is 7.68. The van der Waals surface area contributed by atoms with Gasteiger partial charge in [0.05, 0.1) is 5.92 Å². The number of nitrogens with one attached hydrogen (secondary N) is 1.